The van der Waals surface area contributed by atoms with Gasteiger partial charge in [-0.3, -0.25) is 0 Å². The highest BCUT2D eigenvalue weighted by Crippen LogP contribution is 2.10. The lowest BCUT2D eigenvalue weighted by atomic mass is 10.2. The summed E-state index contributed by atoms with van der Waals surface area (Å²) in [6.07, 6.45) is 8.82. The Balaban J connectivity index is 0.000000218. The highest BCUT2D eigenvalue weighted by molar-refractivity contribution is 7.85. The maximum absolute atomic E-state index is 10.5. The molecule has 0 spiro atoms. The van der Waals surface area contributed by atoms with Crippen molar-refractivity contribution in [1.29, 1.82) is 0 Å². The van der Waals surface area contributed by atoms with E-state index in [9.17, 15) is 13.0 Å². The maximum Gasteiger partial charge on any atom is 0.246 e. The molecular weight excluding hydrogens is 264 g/mol. The van der Waals surface area contributed by atoms with Crippen LogP contribution < -0.4 is 4.57 Å². The van der Waals surface area contributed by atoms with Crippen molar-refractivity contribution >= 4 is 22.4 Å². The lowest BCUT2D eigenvalue weighted by Crippen LogP contribution is -2.19. The van der Waals surface area contributed by atoms with E-state index in [0.29, 0.717) is 0 Å². The lowest BCUT2D eigenvalue weighted by Gasteiger charge is -2.05. The number of H-pyrrole nitrogens is 1. The molecule has 1 heterocycles. The molecule has 5 nitrogen and oxygen atoms in total. The molecule has 19 heavy (non-hydrogen) atoms. The number of nitrogens with zero attached hydrogens (tertiary/aromatic N) is 1. The second-order valence-electron chi connectivity index (χ2n) is 3.47. The molecular formula is C13H14N2O3S. The highest BCUT2D eigenvalue weighted by Gasteiger charge is 1.98. The molecule has 0 unspecified atom stereocenters. The third-order valence-corrected chi connectivity index (χ3v) is 3.03. The predicted molar refractivity (Wildman–Crippen MR) is 71.9 cm³/mol. The Bertz CT molecular complexity index is 629. The van der Waals surface area contributed by atoms with Crippen LogP contribution in [0.4, 0.5) is 0 Å². The average Bonchev–Trinajstić information content (AvgIpc) is 2.92. The molecule has 0 saturated carbocycles. The van der Waals surface area contributed by atoms with Gasteiger partial charge in [-0.2, -0.15) is 0 Å². The molecule has 0 atom stereocenters. The smallest absolute Gasteiger partial charge is 0.246 e. The Kier molecular flexibility index (Phi) is 5.23. The number of nitrogens with one attached hydrogen (secondary N) is 1. The van der Waals surface area contributed by atoms with Gasteiger partial charge in [0.1, 0.15) is 22.5 Å². The van der Waals surface area contributed by atoms with Gasteiger partial charge in [-0.1, -0.05) is 31.4 Å². The molecule has 2 rings (SSSR count). The fourth-order valence-corrected chi connectivity index (χ4v) is 1.65. The molecule has 1 N–H and O–H groups in total. The number of hydrogen-bond donors (Lipinski definition) is 1. The van der Waals surface area contributed by atoms with Gasteiger partial charge < -0.3 is 4.55 Å². The van der Waals surface area contributed by atoms with E-state index in [2.05, 4.69) is 18.1 Å². The van der Waals surface area contributed by atoms with Crippen molar-refractivity contribution in [3.05, 3.63) is 61.7 Å². The number of aromatic amines is 1. The van der Waals surface area contributed by atoms with E-state index in [1.54, 1.807) is 12.3 Å². The van der Waals surface area contributed by atoms with Crippen molar-refractivity contribution in [3.8, 4) is 0 Å². The minimum absolute atomic E-state index is 0.215. The SMILES string of the molecule is C=C[n+]1cc[nH]c1.C=Cc1ccc(S(=O)(=O)[O-])cc1. The van der Waals surface area contributed by atoms with Crippen molar-refractivity contribution < 1.29 is 17.5 Å². The maximum atomic E-state index is 10.5. The van der Waals surface area contributed by atoms with E-state index in [1.807, 2.05) is 23.3 Å². The molecule has 0 saturated heterocycles. The van der Waals surface area contributed by atoms with Gasteiger partial charge in [0.25, 0.3) is 0 Å². The molecule has 1 aromatic heterocycles. The Morgan fingerprint density at radius 1 is 1.21 bits per heavy atom. The van der Waals surface area contributed by atoms with E-state index < -0.39 is 10.1 Å². The van der Waals surface area contributed by atoms with Gasteiger partial charge in [0, 0.05) is 0 Å². The van der Waals surface area contributed by atoms with Crippen LogP contribution >= 0.6 is 0 Å². The number of benzene rings is 1. The third kappa shape index (κ3) is 4.90. The van der Waals surface area contributed by atoms with Crippen molar-refractivity contribution in [2.24, 2.45) is 0 Å². The van der Waals surface area contributed by atoms with Crippen molar-refractivity contribution in [2.45, 2.75) is 4.90 Å². The fourth-order valence-electron chi connectivity index (χ4n) is 1.19. The Labute approximate surface area is 112 Å². The number of aromatic nitrogens is 2. The van der Waals surface area contributed by atoms with Crippen LogP contribution in [-0.2, 0) is 10.1 Å². The van der Waals surface area contributed by atoms with Crippen molar-refractivity contribution in [3.63, 3.8) is 0 Å². The van der Waals surface area contributed by atoms with Crippen LogP contribution in [0.3, 0.4) is 0 Å². The van der Waals surface area contributed by atoms with Crippen LogP contribution in [0.15, 0.2) is 61.0 Å². The number of hydrogen-bond acceptors (Lipinski definition) is 3. The van der Waals surface area contributed by atoms with E-state index in [1.165, 1.54) is 24.3 Å². The summed E-state index contributed by atoms with van der Waals surface area (Å²) in [6.45, 7) is 7.04. The minimum Gasteiger partial charge on any atom is -0.744 e. The molecule has 0 amide bonds. The first-order chi connectivity index (χ1) is 8.97. The molecule has 0 bridgehead atoms. The van der Waals surface area contributed by atoms with Gasteiger partial charge in [-0.15, -0.1) is 0 Å². The zero-order valence-corrected chi connectivity index (χ0v) is 11.0. The predicted octanol–water partition coefficient (Wildman–Crippen LogP) is 1.64. The van der Waals surface area contributed by atoms with Crippen LogP contribution in [0.5, 0.6) is 0 Å². The largest absolute Gasteiger partial charge is 0.744 e. The van der Waals surface area contributed by atoms with Crippen LogP contribution in [0.1, 0.15) is 5.56 Å². The summed E-state index contributed by atoms with van der Waals surface area (Å²) in [7, 11) is -4.31. The normalized spacial score (nSPS) is 10.2. The van der Waals surface area contributed by atoms with Crippen molar-refractivity contribution in [1.82, 2.24) is 4.98 Å². The molecule has 2 aromatic rings. The molecule has 100 valence electrons. The quantitative estimate of drug-likeness (QED) is 0.685. The van der Waals surface area contributed by atoms with E-state index in [4.69, 9.17) is 0 Å². The van der Waals surface area contributed by atoms with E-state index in [-0.39, 0.29) is 4.90 Å². The molecule has 0 aliphatic carbocycles. The average molecular weight is 278 g/mol. The topological polar surface area (TPSA) is 76.9 Å². The lowest BCUT2D eigenvalue weighted by molar-refractivity contribution is -0.566. The van der Waals surface area contributed by atoms with Gasteiger partial charge in [0.05, 0.1) is 11.1 Å². The van der Waals surface area contributed by atoms with Crippen LogP contribution in [-0.4, -0.2) is 18.0 Å². The third-order valence-electron chi connectivity index (χ3n) is 2.18. The van der Waals surface area contributed by atoms with Crippen LogP contribution in [0, 0.1) is 0 Å². The zero-order valence-electron chi connectivity index (χ0n) is 10.2. The van der Waals surface area contributed by atoms with E-state index in [0.717, 1.165) is 5.56 Å². The molecule has 0 aliphatic heterocycles. The summed E-state index contributed by atoms with van der Waals surface area (Å²) in [5, 5.41) is 0. The monoisotopic (exact) mass is 278 g/mol. The molecule has 0 aliphatic rings. The van der Waals surface area contributed by atoms with Crippen LogP contribution in [0.2, 0.25) is 0 Å². The van der Waals surface area contributed by atoms with Gasteiger partial charge in [-0.05, 0) is 17.7 Å². The van der Waals surface area contributed by atoms with Gasteiger partial charge >= 0.3 is 0 Å². The van der Waals surface area contributed by atoms with Gasteiger partial charge in [0.15, 0.2) is 0 Å². The Hall–Kier alpha value is -2.18. The van der Waals surface area contributed by atoms with Crippen molar-refractivity contribution in [2.75, 3.05) is 0 Å². The fraction of sp³-hybridized carbons (Fsp3) is 0. The number of imidazole rings is 1. The molecule has 0 fully saturated rings. The summed E-state index contributed by atoms with van der Waals surface area (Å²) in [5.74, 6) is 0. The van der Waals surface area contributed by atoms with Crippen LogP contribution in [0.25, 0.3) is 12.3 Å². The first-order valence-electron chi connectivity index (χ1n) is 5.32. The Morgan fingerprint density at radius 2 is 1.84 bits per heavy atom. The second kappa shape index (κ2) is 6.67. The molecule has 0 radical (unpaired) electrons. The second-order valence-corrected chi connectivity index (χ2v) is 4.85. The summed E-state index contributed by atoms with van der Waals surface area (Å²) < 4.78 is 33.2. The number of rotatable bonds is 3. The first kappa shape index (κ1) is 14.9. The standard InChI is InChI=1S/C8H8O3S.C5H6N2/c1-2-7-3-5-8(6-4-7)12(9,10)11;1-2-7-4-3-6-5-7/h2-6H,1H2,(H,9,10,11);2-5H,1H2. The summed E-state index contributed by atoms with van der Waals surface area (Å²) in [6, 6.07) is 5.58. The van der Waals surface area contributed by atoms with E-state index >= 15 is 0 Å². The van der Waals surface area contributed by atoms with Gasteiger partial charge in [0.2, 0.25) is 6.33 Å². The highest BCUT2D eigenvalue weighted by atomic mass is 32.2. The zero-order chi connectivity index (χ0) is 14.3. The summed E-state index contributed by atoms with van der Waals surface area (Å²) in [5.41, 5.74) is 0.780. The summed E-state index contributed by atoms with van der Waals surface area (Å²) in [4.78, 5) is 2.66. The Morgan fingerprint density at radius 3 is 2.16 bits per heavy atom. The first-order valence-corrected chi connectivity index (χ1v) is 6.72. The minimum atomic E-state index is -4.31. The molecule has 1 aromatic carbocycles. The molecule has 6 heteroatoms. The van der Waals surface area contributed by atoms with Gasteiger partial charge in [-0.25, -0.2) is 18.0 Å². The summed E-state index contributed by atoms with van der Waals surface area (Å²) >= 11 is 0.